The van der Waals surface area contributed by atoms with E-state index in [0.29, 0.717) is 17.0 Å². The van der Waals surface area contributed by atoms with Crippen LogP contribution in [0.25, 0.3) is 16.8 Å². The Morgan fingerprint density at radius 1 is 1.00 bits per heavy atom. The lowest BCUT2D eigenvalue weighted by Gasteiger charge is -2.27. The molecule has 0 aromatic heterocycles. The van der Waals surface area contributed by atoms with Crippen LogP contribution >= 0.6 is 15.9 Å². The molecule has 144 valence electrons. The Labute approximate surface area is 174 Å². The van der Waals surface area contributed by atoms with Crippen molar-refractivity contribution >= 4 is 56.3 Å². The molecule has 1 fully saturated rings. The van der Waals surface area contributed by atoms with Crippen molar-refractivity contribution in [2.45, 2.75) is 0 Å². The van der Waals surface area contributed by atoms with E-state index in [1.165, 1.54) is 13.2 Å². The van der Waals surface area contributed by atoms with Crippen molar-refractivity contribution in [2.75, 3.05) is 12.0 Å². The first kappa shape index (κ1) is 18.9. The molecular formula is C22H15BrN2O4. The molecule has 3 aromatic rings. The van der Waals surface area contributed by atoms with Crippen LogP contribution in [0.4, 0.5) is 10.5 Å². The summed E-state index contributed by atoms with van der Waals surface area (Å²) in [6, 6.07) is 17.2. The van der Waals surface area contributed by atoms with Crippen molar-refractivity contribution in [1.82, 2.24) is 5.32 Å². The number of nitrogens with one attached hydrogen (secondary N) is 1. The zero-order valence-corrected chi connectivity index (χ0v) is 16.9. The molecule has 0 bridgehead atoms. The van der Waals surface area contributed by atoms with E-state index in [1.54, 1.807) is 30.3 Å². The van der Waals surface area contributed by atoms with Gasteiger partial charge in [0, 0.05) is 15.4 Å². The molecule has 7 heteroatoms. The average molecular weight is 451 g/mol. The predicted octanol–water partition coefficient (Wildman–Crippen LogP) is 4.28. The van der Waals surface area contributed by atoms with Gasteiger partial charge in [-0.05, 0) is 35.7 Å². The second-order valence-corrected chi connectivity index (χ2v) is 7.26. The minimum atomic E-state index is -0.783. The molecule has 0 atom stereocenters. The van der Waals surface area contributed by atoms with Crippen LogP contribution < -0.4 is 15.0 Å². The molecule has 0 aliphatic carbocycles. The highest BCUT2D eigenvalue weighted by molar-refractivity contribution is 9.10. The van der Waals surface area contributed by atoms with Crippen LogP contribution in [0.5, 0.6) is 5.75 Å². The molecule has 0 saturated carbocycles. The number of hydrogen-bond acceptors (Lipinski definition) is 4. The summed E-state index contributed by atoms with van der Waals surface area (Å²) in [7, 11) is 1.50. The van der Waals surface area contributed by atoms with Crippen LogP contribution in [-0.2, 0) is 9.59 Å². The number of nitrogens with zero attached hydrogens (tertiary/aromatic N) is 1. The van der Waals surface area contributed by atoms with Gasteiger partial charge in [0.15, 0.2) is 0 Å². The quantitative estimate of drug-likeness (QED) is 0.477. The monoisotopic (exact) mass is 450 g/mol. The van der Waals surface area contributed by atoms with E-state index < -0.39 is 17.8 Å². The van der Waals surface area contributed by atoms with Gasteiger partial charge in [-0.25, -0.2) is 9.69 Å². The number of amides is 4. The highest BCUT2D eigenvalue weighted by Gasteiger charge is 2.37. The zero-order valence-electron chi connectivity index (χ0n) is 15.3. The Hall–Kier alpha value is -3.45. The summed E-state index contributed by atoms with van der Waals surface area (Å²) in [4.78, 5) is 39.2. The van der Waals surface area contributed by atoms with Crippen LogP contribution in [0, 0.1) is 0 Å². The fourth-order valence-corrected chi connectivity index (χ4v) is 3.63. The summed E-state index contributed by atoms with van der Waals surface area (Å²) >= 11 is 3.37. The SMILES string of the molecule is COc1ccc(Br)cc1/C=C1\C(=O)NC(=O)N(c2cccc3ccccc23)C1=O. The molecule has 4 amide bonds. The summed E-state index contributed by atoms with van der Waals surface area (Å²) in [5.41, 5.74) is 0.784. The van der Waals surface area contributed by atoms with E-state index in [4.69, 9.17) is 4.74 Å². The van der Waals surface area contributed by atoms with Crippen LogP contribution in [0.2, 0.25) is 0 Å². The summed E-state index contributed by atoms with van der Waals surface area (Å²) in [6.45, 7) is 0. The maximum atomic E-state index is 13.2. The highest BCUT2D eigenvalue weighted by atomic mass is 79.9. The molecule has 1 aliphatic rings. The molecule has 6 nitrogen and oxygen atoms in total. The van der Waals surface area contributed by atoms with Gasteiger partial charge in [0.1, 0.15) is 11.3 Å². The Kier molecular flexibility index (Phi) is 4.90. The zero-order chi connectivity index (χ0) is 20.5. The van der Waals surface area contributed by atoms with E-state index in [9.17, 15) is 14.4 Å². The Morgan fingerprint density at radius 3 is 2.55 bits per heavy atom. The molecule has 29 heavy (non-hydrogen) atoms. The molecule has 1 saturated heterocycles. The molecule has 0 unspecified atom stereocenters. The lowest BCUT2D eigenvalue weighted by molar-refractivity contribution is -0.122. The standard InChI is InChI=1S/C22H15BrN2O4/c1-29-19-10-9-15(23)11-14(19)12-17-20(26)24-22(28)25(21(17)27)18-8-4-6-13-5-2-3-7-16(13)18/h2-12H,1H3,(H,24,26,28)/b17-12+. The Balaban J connectivity index is 1.84. The van der Waals surface area contributed by atoms with Crippen molar-refractivity contribution in [1.29, 1.82) is 0 Å². The molecule has 1 aliphatic heterocycles. The fourth-order valence-electron chi connectivity index (χ4n) is 3.25. The number of barbiturate groups is 1. The largest absolute Gasteiger partial charge is 0.496 e. The van der Waals surface area contributed by atoms with E-state index in [1.807, 2.05) is 30.3 Å². The molecule has 0 spiro atoms. The first-order valence-corrected chi connectivity index (χ1v) is 9.51. The Morgan fingerprint density at radius 2 is 1.76 bits per heavy atom. The number of ether oxygens (including phenoxy) is 1. The van der Waals surface area contributed by atoms with Crippen molar-refractivity contribution < 1.29 is 19.1 Å². The van der Waals surface area contributed by atoms with Crippen LogP contribution in [0.15, 0.2) is 70.7 Å². The maximum Gasteiger partial charge on any atom is 0.335 e. The highest BCUT2D eigenvalue weighted by Crippen LogP contribution is 2.31. The second kappa shape index (κ2) is 7.52. The first-order chi connectivity index (χ1) is 14.0. The van der Waals surface area contributed by atoms with Gasteiger partial charge in [-0.3, -0.25) is 14.9 Å². The molecular weight excluding hydrogens is 436 g/mol. The van der Waals surface area contributed by atoms with Crippen molar-refractivity contribution in [3.63, 3.8) is 0 Å². The fraction of sp³-hybridized carbons (Fsp3) is 0.0455. The third kappa shape index (κ3) is 3.40. The number of benzene rings is 3. The van der Waals surface area contributed by atoms with Gasteiger partial charge in [0.05, 0.1) is 12.8 Å². The van der Waals surface area contributed by atoms with Gasteiger partial charge in [0.25, 0.3) is 11.8 Å². The van der Waals surface area contributed by atoms with Gasteiger partial charge in [-0.1, -0.05) is 52.3 Å². The number of carbonyl (C=O) groups is 3. The van der Waals surface area contributed by atoms with E-state index in [2.05, 4.69) is 21.2 Å². The molecule has 0 radical (unpaired) electrons. The number of fused-ring (bicyclic) bond motifs is 1. The molecule has 3 aromatic carbocycles. The van der Waals surface area contributed by atoms with Crippen molar-refractivity contribution in [3.05, 3.63) is 76.3 Å². The number of urea groups is 1. The average Bonchev–Trinajstić information content (AvgIpc) is 2.71. The summed E-state index contributed by atoms with van der Waals surface area (Å²) < 4.78 is 6.07. The number of carbonyl (C=O) groups excluding carboxylic acids is 3. The van der Waals surface area contributed by atoms with Gasteiger partial charge >= 0.3 is 6.03 Å². The number of halogens is 1. The molecule has 1 heterocycles. The van der Waals surface area contributed by atoms with Gasteiger partial charge in [-0.2, -0.15) is 0 Å². The number of hydrogen-bond donors (Lipinski definition) is 1. The smallest absolute Gasteiger partial charge is 0.335 e. The van der Waals surface area contributed by atoms with Crippen LogP contribution in [0.3, 0.4) is 0 Å². The number of imide groups is 2. The summed E-state index contributed by atoms with van der Waals surface area (Å²) in [6.07, 6.45) is 1.42. The van der Waals surface area contributed by atoms with Gasteiger partial charge < -0.3 is 4.74 Å². The van der Waals surface area contributed by atoms with Gasteiger partial charge in [0.2, 0.25) is 0 Å². The van der Waals surface area contributed by atoms with Crippen molar-refractivity contribution in [2.24, 2.45) is 0 Å². The normalized spacial score (nSPS) is 15.7. The lowest BCUT2D eigenvalue weighted by Crippen LogP contribution is -2.54. The number of rotatable bonds is 3. The molecule has 1 N–H and O–H groups in total. The number of methoxy groups -OCH3 is 1. The number of anilines is 1. The van der Waals surface area contributed by atoms with E-state index in [0.717, 1.165) is 20.1 Å². The maximum absolute atomic E-state index is 13.2. The first-order valence-electron chi connectivity index (χ1n) is 8.72. The van der Waals surface area contributed by atoms with E-state index in [-0.39, 0.29) is 5.57 Å². The lowest BCUT2D eigenvalue weighted by atomic mass is 10.0. The summed E-state index contributed by atoms with van der Waals surface area (Å²) in [5.74, 6) is -0.953. The molecule has 4 rings (SSSR count). The summed E-state index contributed by atoms with van der Waals surface area (Å²) in [5, 5.41) is 3.86. The van der Waals surface area contributed by atoms with Crippen LogP contribution in [-0.4, -0.2) is 25.0 Å². The van der Waals surface area contributed by atoms with E-state index >= 15 is 0 Å². The minimum absolute atomic E-state index is 0.158. The third-order valence-electron chi connectivity index (χ3n) is 4.60. The minimum Gasteiger partial charge on any atom is -0.496 e. The third-order valence-corrected chi connectivity index (χ3v) is 5.09. The second-order valence-electron chi connectivity index (χ2n) is 6.34. The Bertz CT molecular complexity index is 1200. The predicted molar refractivity (Wildman–Crippen MR) is 114 cm³/mol. The van der Waals surface area contributed by atoms with Crippen molar-refractivity contribution in [3.8, 4) is 5.75 Å². The van der Waals surface area contributed by atoms with Gasteiger partial charge in [-0.15, -0.1) is 0 Å². The topological polar surface area (TPSA) is 75.7 Å². The van der Waals surface area contributed by atoms with Crippen LogP contribution in [0.1, 0.15) is 5.56 Å².